The van der Waals surface area contributed by atoms with Gasteiger partial charge in [0.2, 0.25) is 0 Å². The van der Waals surface area contributed by atoms with Gasteiger partial charge < -0.3 is 15.4 Å². The summed E-state index contributed by atoms with van der Waals surface area (Å²) in [5.74, 6) is -0.292. The number of nitrogens with zero attached hydrogens (tertiary/aromatic N) is 1. The molecule has 0 aliphatic carbocycles. The summed E-state index contributed by atoms with van der Waals surface area (Å²) in [5.41, 5.74) is 6.05. The molecule has 0 aliphatic heterocycles. The third-order valence-corrected chi connectivity index (χ3v) is 5.91. The lowest BCUT2D eigenvalue weighted by Gasteiger charge is -2.12. The van der Waals surface area contributed by atoms with Gasteiger partial charge in [-0.05, 0) is 96.2 Å². The predicted octanol–water partition coefficient (Wildman–Crippen LogP) is 6.25. The van der Waals surface area contributed by atoms with Crippen molar-refractivity contribution in [1.82, 2.24) is 0 Å². The van der Waals surface area contributed by atoms with Crippen LogP contribution in [-0.2, 0) is 9.59 Å². The van der Waals surface area contributed by atoms with Crippen LogP contribution in [0.2, 0.25) is 0 Å². The molecule has 3 aromatic rings. The first-order valence-corrected chi connectivity index (χ1v) is 11.8. The van der Waals surface area contributed by atoms with Crippen molar-refractivity contribution in [2.75, 3.05) is 17.2 Å². The highest BCUT2D eigenvalue weighted by Crippen LogP contribution is 2.27. The van der Waals surface area contributed by atoms with Gasteiger partial charge in [0.25, 0.3) is 11.8 Å². The maximum Gasteiger partial charge on any atom is 0.266 e. The van der Waals surface area contributed by atoms with Crippen LogP contribution >= 0.6 is 15.9 Å². The van der Waals surface area contributed by atoms with Gasteiger partial charge in [-0.2, -0.15) is 5.26 Å². The number of halogens is 1. The Kier molecular flexibility index (Phi) is 8.45. The quantitative estimate of drug-likeness (QED) is 0.278. The lowest BCUT2D eigenvalue weighted by Crippen LogP contribution is -2.20. The number of hydrogen-bond acceptors (Lipinski definition) is 4. The summed E-state index contributed by atoms with van der Waals surface area (Å²) in [6.45, 7) is 7.60. The van der Waals surface area contributed by atoms with Crippen LogP contribution < -0.4 is 15.4 Å². The smallest absolute Gasteiger partial charge is 0.266 e. The molecule has 6 nitrogen and oxygen atoms in total. The van der Waals surface area contributed by atoms with E-state index >= 15 is 0 Å². The molecule has 178 valence electrons. The van der Waals surface area contributed by atoms with E-state index in [0.29, 0.717) is 21.5 Å². The number of aryl methyl sites for hydroxylation is 4. The highest BCUT2D eigenvalue weighted by atomic mass is 79.9. The van der Waals surface area contributed by atoms with Crippen molar-refractivity contribution in [3.8, 4) is 11.8 Å². The van der Waals surface area contributed by atoms with Crippen LogP contribution in [0.5, 0.6) is 5.75 Å². The van der Waals surface area contributed by atoms with Crippen molar-refractivity contribution in [3.05, 3.63) is 92.5 Å². The van der Waals surface area contributed by atoms with Crippen molar-refractivity contribution in [3.63, 3.8) is 0 Å². The largest absolute Gasteiger partial charge is 0.483 e. The third kappa shape index (κ3) is 7.05. The van der Waals surface area contributed by atoms with E-state index < -0.39 is 5.91 Å². The highest BCUT2D eigenvalue weighted by molar-refractivity contribution is 9.10. The minimum atomic E-state index is -0.487. The highest BCUT2D eigenvalue weighted by Gasteiger charge is 2.13. The number of carbonyl (C=O) groups is 2. The molecular weight excluding hydrogens is 506 g/mol. The minimum absolute atomic E-state index is 0.0292. The van der Waals surface area contributed by atoms with Gasteiger partial charge in [0.05, 0.1) is 4.47 Å². The number of carbonyl (C=O) groups excluding carboxylic acids is 2. The molecular formula is C28H26BrN3O3. The Hall–Kier alpha value is -3.89. The molecule has 0 unspecified atom stereocenters. The van der Waals surface area contributed by atoms with Crippen molar-refractivity contribution in [1.29, 1.82) is 5.26 Å². The average molecular weight is 532 g/mol. The fraction of sp³-hybridized carbons (Fsp3) is 0.179. The molecule has 7 heteroatoms. The van der Waals surface area contributed by atoms with Crippen LogP contribution in [-0.4, -0.2) is 18.4 Å². The molecule has 0 aliphatic rings. The molecule has 0 atom stereocenters. The topological polar surface area (TPSA) is 91.2 Å². The van der Waals surface area contributed by atoms with Crippen LogP contribution in [0.3, 0.4) is 0 Å². The van der Waals surface area contributed by atoms with Gasteiger partial charge >= 0.3 is 0 Å². The second-order valence-electron chi connectivity index (χ2n) is 8.29. The zero-order valence-corrected chi connectivity index (χ0v) is 21.6. The monoisotopic (exact) mass is 531 g/mol. The number of hydrogen-bond donors (Lipinski definition) is 2. The molecule has 3 aromatic carbocycles. The van der Waals surface area contributed by atoms with Gasteiger partial charge in [0.15, 0.2) is 6.61 Å². The lowest BCUT2D eigenvalue weighted by atomic mass is 10.1. The standard InChI is InChI=1S/C28H26BrN3O3/c1-17-6-9-24(20(4)11-17)32-28(34)22(15-30)13-21-8-10-26(23(29)14-21)35-16-27(33)31-25-12-18(2)5-7-19(25)3/h5-14H,16H2,1-4H3,(H,31,33)(H,32,34)/b22-13+. The Morgan fingerprint density at radius 1 is 0.914 bits per heavy atom. The van der Waals surface area contributed by atoms with E-state index in [4.69, 9.17) is 4.74 Å². The number of benzene rings is 3. The molecule has 0 saturated heterocycles. The Balaban J connectivity index is 1.66. The zero-order valence-electron chi connectivity index (χ0n) is 20.0. The van der Waals surface area contributed by atoms with E-state index in [2.05, 4.69) is 26.6 Å². The number of nitrogens with one attached hydrogen (secondary N) is 2. The first kappa shape index (κ1) is 25.7. The molecule has 0 heterocycles. The summed E-state index contributed by atoms with van der Waals surface area (Å²) < 4.78 is 6.25. The normalized spacial score (nSPS) is 10.9. The maximum absolute atomic E-state index is 12.6. The van der Waals surface area contributed by atoms with Crippen molar-refractivity contribution < 1.29 is 14.3 Å². The van der Waals surface area contributed by atoms with Crippen LogP contribution in [0.1, 0.15) is 27.8 Å². The number of rotatable bonds is 7. The molecule has 0 spiro atoms. The van der Waals surface area contributed by atoms with E-state index in [1.165, 1.54) is 6.08 Å². The number of ether oxygens (including phenoxy) is 1. The van der Waals surface area contributed by atoms with E-state index in [9.17, 15) is 14.9 Å². The molecule has 3 rings (SSSR count). The van der Waals surface area contributed by atoms with E-state index in [1.807, 2.05) is 70.2 Å². The second-order valence-corrected chi connectivity index (χ2v) is 9.14. The third-order valence-electron chi connectivity index (χ3n) is 5.29. The minimum Gasteiger partial charge on any atom is -0.483 e. The lowest BCUT2D eigenvalue weighted by molar-refractivity contribution is -0.118. The van der Waals surface area contributed by atoms with Gasteiger partial charge in [0, 0.05) is 11.4 Å². The van der Waals surface area contributed by atoms with Gasteiger partial charge in [-0.3, -0.25) is 9.59 Å². The molecule has 0 fully saturated rings. The Bertz CT molecular complexity index is 1360. The van der Waals surface area contributed by atoms with Crippen molar-refractivity contribution in [2.24, 2.45) is 0 Å². The zero-order chi connectivity index (χ0) is 25.5. The van der Waals surface area contributed by atoms with Crippen molar-refractivity contribution in [2.45, 2.75) is 27.7 Å². The molecule has 2 amide bonds. The number of amides is 2. The summed E-state index contributed by atoms with van der Waals surface area (Å²) in [6.07, 6.45) is 1.50. The Morgan fingerprint density at radius 2 is 1.63 bits per heavy atom. The summed E-state index contributed by atoms with van der Waals surface area (Å²) in [4.78, 5) is 25.0. The summed E-state index contributed by atoms with van der Waals surface area (Å²) in [6, 6.07) is 18.6. The molecule has 0 bridgehead atoms. The molecule has 0 saturated carbocycles. The van der Waals surface area contributed by atoms with E-state index in [1.54, 1.807) is 18.2 Å². The molecule has 2 N–H and O–H groups in total. The predicted molar refractivity (Wildman–Crippen MR) is 142 cm³/mol. The SMILES string of the molecule is Cc1ccc(NC(=O)/C(C#N)=C/c2ccc(OCC(=O)Nc3cc(C)ccc3C)c(Br)c2)c(C)c1. The summed E-state index contributed by atoms with van der Waals surface area (Å²) >= 11 is 3.43. The molecule has 0 aromatic heterocycles. The number of nitriles is 1. The summed E-state index contributed by atoms with van der Waals surface area (Å²) in [7, 11) is 0. The summed E-state index contributed by atoms with van der Waals surface area (Å²) in [5, 5.41) is 15.2. The Morgan fingerprint density at radius 3 is 2.31 bits per heavy atom. The van der Waals surface area contributed by atoms with Crippen LogP contribution in [0.15, 0.2) is 64.6 Å². The fourth-order valence-electron chi connectivity index (χ4n) is 3.38. The van der Waals surface area contributed by atoms with Crippen molar-refractivity contribution >= 4 is 45.2 Å². The fourth-order valence-corrected chi connectivity index (χ4v) is 3.89. The van der Waals surface area contributed by atoms with Crippen LogP contribution in [0.4, 0.5) is 11.4 Å². The molecule has 35 heavy (non-hydrogen) atoms. The maximum atomic E-state index is 12.6. The van der Waals surface area contributed by atoms with Crippen LogP contribution in [0, 0.1) is 39.0 Å². The number of anilines is 2. The van der Waals surface area contributed by atoms with E-state index in [0.717, 1.165) is 27.9 Å². The second kappa shape index (κ2) is 11.5. The van der Waals surface area contributed by atoms with E-state index in [-0.39, 0.29) is 18.1 Å². The average Bonchev–Trinajstić information content (AvgIpc) is 2.81. The van der Waals surface area contributed by atoms with Gasteiger partial charge in [-0.15, -0.1) is 0 Å². The molecule has 0 radical (unpaired) electrons. The van der Waals surface area contributed by atoms with Gasteiger partial charge in [0.1, 0.15) is 17.4 Å². The van der Waals surface area contributed by atoms with Gasteiger partial charge in [-0.1, -0.05) is 35.9 Å². The Labute approximate surface area is 213 Å². The van der Waals surface area contributed by atoms with Crippen LogP contribution in [0.25, 0.3) is 6.08 Å². The first-order chi connectivity index (χ1) is 16.7. The van der Waals surface area contributed by atoms with Gasteiger partial charge in [-0.25, -0.2) is 0 Å². The first-order valence-electron chi connectivity index (χ1n) is 11.0.